The Bertz CT molecular complexity index is 712. The van der Waals surface area contributed by atoms with E-state index in [0.29, 0.717) is 0 Å². The molecule has 12 heteroatoms. The molecule has 0 saturated heterocycles. The lowest BCUT2D eigenvalue weighted by Crippen LogP contribution is -2.04. The zero-order valence-electron chi connectivity index (χ0n) is 12.2. The maximum Gasteiger partial charge on any atom is 0.432 e. The van der Waals surface area contributed by atoms with E-state index in [2.05, 4.69) is 20.4 Å². The number of nitrogens with zero attached hydrogens (tertiary/aromatic N) is 4. The van der Waals surface area contributed by atoms with Gasteiger partial charge in [-0.3, -0.25) is 10.2 Å². The van der Waals surface area contributed by atoms with E-state index in [4.69, 9.17) is 0 Å². The molecule has 6 nitrogen and oxygen atoms in total. The van der Waals surface area contributed by atoms with E-state index in [-0.39, 0.29) is 22.8 Å². The van der Waals surface area contributed by atoms with Crippen molar-refractivity contribution >= 4 is 11.4 Å². The van der Waals surface area contributed by atoms with Crippen LogP contribution in [0, 0.1) is 0 Å². The van der Waals surface area contributed by atoms with Gasteiger partial charge in [0.25, 0.3) is 0 Å². The number of rotatable bonds is 3. The van der Waals surface area contributed by atoms with Crippen LogP contribution in [0.2, 0.25) is 0 Å². The van der Waals surface area contributed by atoms with Gasteiger partial charge in [-0.05, 0) is 26.0 Å². The summed E-state index contributed by atoms with van der Waals surface area (Å²) in [6.07, 6.45) is -9.15. The van der Waals surface area contributed by atoms with Gasteiger partial charge < -0.3 is 0 Å². The number of halogens is 6. The van der Waals surface area contributed by atoms with E-state index in [9.17, 15) is 26.3 Å². The fourth-order valence-corrected chi connectivity index (χ4v) is 1.56. The number of H-pyrrole nitrogens is 2. The van der Waals surface area contributed by atoms with Crippen LogP contribution in [0.4, 0.5) is 26.3 Å². The minimum atomic E-state index is -4.58. The summed E-state index contributed by atoms with van der Waals surface area (Å²) in [4.78, 5) is 0. The second kappa shape index (κ2) is 6.09. The number of aromatic nitrogens is 4. The van der Waals surface area contributed by atoms with Crippen molar-refractivity contribution in [3.63, 3.8) is 0 Å². The average molecular weight is 352 g/mol. The van der Waals surface area contributed by atoms with Crippen LogP contribution in [0.5, 0.6) is 0 Å². The van der Waals surface area contributed by atoms with Crippen LogP contribution >= 0.6 is 0 Å². The molecule has 0 unspecified atom stereocenters. The Morgan fingerprint density at radius 2 is 1.12 bits per heavy atom. The molecule has 0 radical (unpaired) electrons. The lowest BCUT2D eigenvalue weighted by Gasteiger charge is -1.99. The highest BCUT2D eigenvalue weighted by atomic mass is 19.4. The van der Waals surface area contributed by atoms with Crippen LogP contribution in [0.3, 0.4) is 0 Å². The first-order valence-corrected chi connectivity index (χ1v) is 6.33. The SMILES string of the molecule is C/C(=N\N=C(/C)c1cc(C(F)(F)F)[nH]n1)c1cc(C(F)(F)F)[nH]n1. The predicted molar refractivity (Wildman–Crippen MR) is 71.6 cm³/mol. The maximum absolute atomic E-state index is 12.5. The van der Waals surface area contributed by atoms with Crippen molar-refractivity contribution in [2.45, 2.75) is 26.2 Å². The molecule has 0 spiro atoms. The van der Waals surface area contributed by atoms with Crippen LogP contribution < -0.4 is 0 Å². The van der Waals surface area contributed by atoms with Crippen molar-refractivity contribution < 1.29 is 26.3 Å². The van der Waals surface area contributed by atoms with E-state index in [0.717, 1.165) is 12.1 Å². The molecule has 2 N–H and O–H groups in total. The molecule has 2 aromatic rings. The molecule has 2 aromatic heterocycles. The standard InChI is InChI=1S/C12H10F6N6/c1-5(7-3-9(23-21-7)11(13,14)15)19-20-6(2)8-4-10(24-22-8)12(16,17)18/h3-4H,1-2H3,(H,21,23)(H,22,24)/b19-5+,20-6+. The van der Waals surface area contributed by atoms with Crippen LogP contribution in [-0.4, -0.2) is 31.8 Å². The van der Waals surface area contributed by atoms with E-state index in [1.807, 2.05) is 10.2 Å². The third-order valence-corrected chi connectivity index (χ3v) is 2.86. The molecular weight excluding hydrogens is 342 g/mol. The molecule has 130 valence electrons. The Morgan fingerprint density at radius 1 is 0.792 bits per heavy atom. The molecule has 0 aliphatic rings. The van der Waals surface area contributed by atoms with E-state index < -0.39 is 23.7 Å². The van der Waals surface area contributed by atoms with Gasteiger partial charge in [0.15, 0.2) is 0 Å². The second-order valence-corrected chi connectivity index (χ2v) is 4.70. The lowest BCUT2D eigenvalue weighted by atomic mass is 10.2. The molecule has 0 fully saturated rings. The summed E-state index contributed by atoms with van der Waals surface area (Å²) in [6.45, 7) is 2.72. The summed E-state index contributed by atoms with van der Waals surface area (Å²) in [5.74, 6) is 0. The third kappa shape index (κ3) is 4.00. The molecule has 0 aliphatic heterocycles. The van der Waals surface area contributed by atoms with Gasteiger partial charge in [0.1, 0.15) is 22.8 Å². The van der Waals surface area contributed by atoms with Crippen molar-refractivity contribution in [2.75, 3.05) is 0 Å². The normalized spacial score (nSPS) is 14.3. The maximum atomic E-state index is 12.5. The molecule has 2 heterocycles. The molecular formula is C12H10F6N6. The molecule has 0 saturated carbocycles. The number of nitrogens with one attached hydrogen (secondary N) is 2. The van der Waals surface area contributed by atoms with Gasteiger partial charge in [0.05, 0.1) is 11.4 Å². The van der Waals surface area contributed by atoms with Crippen LogP contribution in [0.25, 0.3) is 0 Å². The summed E-state index contributed by atoms with van der Waals surface area (Å²) in [5, 5.41) is 17.9. The molecule has 0 bridgehead atoms. The highest BCUT2D eigenvalue weighted by Gasteiger charge is 2.34. The molecule has 0 aromatic carbocycles. The number of aromatic amines is 2. The molecule has 2 rings (SSSR count). The van der Waals surface area contributed by atoms with Gasteiger partial charge in [0.2, 0.25) is 0 Å². The number of hydrogen-bond donors (Lipinski definition) is 2. The molecule has 24 heavy (non-hydrogen) atoms. The van der Waals surface area contributed by atoms with Gasteiger partial charge in [-0.2, -0.15) is 46.7 Å². The zero-order chi connectivity index (χ0) is 18.1. The van der Waals surface area contributed by atoms with Crippen molar-refractivity contribution in [1.29, 1.82) is 0 Å². The second-order valence-electron chi connectivity index (χ2n) is 4.70. The van der Waals surface area contributed by atoms with Crippen LogP contribution in [0.15, 0.2) is 22.3 Å². The number of hydrogen-bond acceptors (Lipinski definition) is 4. The largest absolute Gasteiger partial charge is 0.432 e. The molecule has 0 atom stereocenters. The number of alkyl halides is 6. The fourth-order valence-electron chi connectivity index (χ4n) is 1.56. The highest BCUT2D eigenvalue weighted by molar-refractivity contribution is 6.00. The first kappa shape index (κ1) is 17.7. The summed E-state index contributed by atoms with van der Waals surface area (Å²) in [5.41, 5.74) is -2.17. The first-order chi connectivity index (χ1) is 11.0. The van der Waals surface area contributed by atoms with Crippen molar-refractivity contribution in [1.82, 2.24) is 20.4 Å². The Morgan fingerprint density at radius 3 is 1.38 bits per heavy atom. The quantitative estimate of drug-likeness (QED) is 0.504. The average Bonchev–Trinajstić information content (AvgIpc) is 3.11. The lowest BCUT2D eigenvalue weighted by molar-refractivity contribution is -0.142. The Kier molecular flexibility index (Phi) is 4.49. The smallest absolute Gasteiger partial charge is 0.273 e. The van der Waals surface area contributed by atoms with E-state index in [1.54, 1.807) is 0 Å². The monoisotopic (exact) mass is 352 g/mol. The van der Waals surface area contributed by atoms with E-state index >= 15 is 0 Å². The van der Waals surface area contributed by atoms with Crippen LogP contribution in [0.1, 0.15) is 36.6 Å². The molecule has 0 amide bonds. The van der Waals surface area contributed by atoms with Crippen molar-refractivity contribution in [3.8, 4) is 0 Å². The Balaban J connectivity index is 2.20. The van der Waals surface area contributed by atoms with Gasteiger partial charge >= 0.3 is 12.4 Å². The summed E-state index contributed by atoms with van der Waals surface area (Å²) < 4.78 is 74.7. The predicted octanol–water partition coefficient (Wildman–Crippen LogP) is 3.40. The highest BCUT2D eigenvalue weighted by Crippen LogP contribution is 2.28. The minimum Gasteiger partial charge on any atom is -0.273 e. The van der Waals surface area contributed by atoms with Gasteiger partial charge in [0, 0.05) is 0 Å². The summed E-state index contributed by atoms with van der Waals surface area (Å²) in [7, 11) is 0. The Hall–Kier alpha value is -2.66. The fraction of sp³-hybridized carbons (Fsp3) is 0.333. The molecule has 0 aliphatic carbocycles. The zero-order valence-corrected chi connectivity index (χ0v) is 12.2. The van der Waals surface area contributed by atoms with Gasteiger partial charge in [-0.15, -0.1) is 0 Å². The van der Waals surface area contributed by atoms with Crippen LogP contribution in [-0.2, 0) is 12.4 Å². The Labute approximate surface area is 130 Å². The topological polar surface area (TPSA) is 82.1 Å². The minimum absolute atomic E-state index is 0.0488. The van der Waals surface area contributed by atoms with Gasteiger partial charge in [-0.1, -0.05) is 0 Å². The van der Waals surface area contributed by atoms with E-state index in [1.165, 1.54) is 13.8 Å². The van der Waals surface area contributed by atoms with Crippen molar-refractivity contribution in [2.24, 2.45) is 10.2 Å². The summed E-state index contributed by atoms with van der Waals surface area (Å²) in [6, 6.07) is 1.50. The summed E-state index contributed by atoms with van der Waals surface area (Å²) >= 11 is 0. The first-order valence-electron chi connectivity index (χ1n) is 6.33. The third-order valence-electron chi connectivity index (χ3n) is 2.86. The van der Waals surface area contributed by atoms with Gasteiger partial charge in [-0.25, -0.2) is 0 Å². The van der Waals surface area contributed by atoms with Crippen molar-refractivity contribution in [3.05, 3.63) is 34.9 Å².